The summed E-state index contributed by atoms with van der Waals surface area (Å²) >= 11 is 12.4. The zero-order valence-corrected chi connectivity index (χ0v) is 13.4. The molecule has 1 rings (SSSR count). The molecular formula is C14H24Cl2N2. The van der Waals surface area contributed by atoms with E-state index in [-0.39, 0.29) is 5.41 Å². The first-order chi connectivity index (χ1) is 8.52. The summed E-state index contributed by atoms with van der Waals surface area (Å²) < 4.78 is 2.08. The maximum absolute atomic E-state index is 6.19. The van der Waals surface area contributed by atoms with Crippen molar-refractivity contribution in [2.24, 2.45) is 11.3 Å². The molecule has 18 heavy (non-hydrogen) atoms. The Labute approximate surface area is 121 Å². The summed E-state index contributed by atoms with van der Waals surface area (Å²) in [5.41, 5.74) is 2.36. The second-order valence-corrected chi connectivity index (χ2v) is 5.79. The molecule has 1 aromatic heterocycles. The van der Waals surface area contributed by atoms with Gasteiger partial charge in [-0.1, -0.05) is 20.8 Å². The smallest absolute Gasteiger partial charge is 0.0624 e. The van der Waals surface area contributed by atoms with Gasteiger partial charge in [0, 0.05) is 29.4 Å². The number of alkyl halides is 2. The summed E-state index contributed by atoms with van der Waals surface area (Å²) in [5, 5.41) is 4.59. The van der Waals surface area contributed by atoms with Gasteiger partial charge in [0.2, 0.25) is 0 Å². The van der Waals surface area contributed by atoms with E-state index in [1.54, 1.807) is 0 Å². The molecule has 104 valence electrons. The molecule has 0 amide bonds. The zero-order chi connectivity index (χ0) is 13.8. The minimum Gasteiger partial charge on any atom is -0.270 e. The van der Waals surface area contributed by atoms with Crippen LogP contribution in [-0.2, 0) is 19.4 Å². The number of halogens is 2. The van der Waals surface area contributed by atoms with Crippen molar-refractivity contribution >= 4 is 23.2 Å². The molecule has 0 N–H and O–H groups in total. The molecule has 1 aromatic rings. The Morgan fingerprint density at radius 1 is 1.28 bits per heavy atom. The Hall–Kier alpha value is -0.210. The fourth-order valence-electron chi connectivity index (χ4n) is 2.11. The lowest BCUT2D eigenvalue weighted by Crippen LogP contribution is -2.34. The Balaban J connectivity index is 3.03. The van der Waals surface area contributed by atoms with Crippen LogP contribution in [0.1, 0.15) is 39.1 Å². The van der Waals surface area contributed by atoms with E-state index >= 15 is 0 Å². The molecule has 0 atom stereocenters. The number of hydrogen-bond donors (Lipinski definition) is 0. The van der Waals surface area contributed by atoms with E-state index < -0.39 is 0 Å². The number of nitrogens with zero attached hydrogens (tertiary/aromatic N) is 2. The highest BCUT2D eigenvalue weighted by Gasteiger charge is 2.33. The monoisotopic (exact) mass is 290 g/mol. The highest BCUT2D eigenvalue weighted by Crippen LogP contribution is 2.35. The summed E-state index contributed by atoms with van der Waals surface area (Å²) in [6, 6.07) is 2.19. The van der Waals surface area contributed by atoms with Crippen LogP contribution in [-0.4, -0.2) is 21.5 Å². The normalized spacial score (nSPS) is 12.4. The largest absolute Gasteiger partial charge is 0.270 e. The lowest BCUT2D eigenvalue weighted by atomic mass is 9.77. The average Bonchev–Trinajstić information content (AvgIpc) is 2.77. The fraction of sp³-hybridized carbons (Fsp3) is 0.786. The van der Waals surface area contributed by atoms with Gasteiger partial charge in [-0.25, -0.2) is 0 Å². The van der Waals surface area contributed by atoms with E-state index in [0.29, 0.717) is 17.7 Å². The number of rotatable bonds is 7. The standard InChI is InChI=1S/C14H24Cl2N2/c1-5-12-7-13(18(6-2)17-12)8-14(9-15,10-16)11(3)4/h7,11H,5-6,8-10H2,1-4H3. The van der Waals surface area contributed by atoms with Gasteiger partial charge in [0.05, 0.1) is 5.69 Å². The topological polar surface area (TPSA) is 17.8 Å². The SMILES string of the molecule is CCc1cc(CC(CCl)(CCl)C(C)C)n(CC)n1. The van der Waals surface area contributed by atoms with Gasteiger partial charge in [-0.15, -0.1) is 23.2 Å². The Morgan fingerprint density at radius 2 is 1.89 bits per heavy atom. The van der Waals surface area contributed by atoms with Gasteiger partial charge in [-0.3, -0.25) is 4.68 Å². The molecule has 0 unspecified atom stereocenters. The predicted octanol–water partition coefficient (Wildman–Crippen LogP) is 4.13. The molecule has 0 aromatic carbocycles. The Morgan fingerprint density at radius 3 is 2.28 bits per heavy atom. The van der Waals surface area contributed by atoms with Gasteiger partial charge in [0.1, 0.15) is 0 Å². The molecule has 0 radical (unpaired) electrons. The van der Waals surface area contributed by atoms with E-state index in [1.165, 1.54) is 5.69 Å². The van der Waals surface area contributed by atoms with Crippen LogP contribution in [0.15, 0.2) is 6.07 Å². The summed E-state index contributed by atoms with van der Waals surface area (Å²) in [4.78, 5) is 0. The van der Waals surface area contributed by atoms with Crippen molar-refractivity contribution in [1.29, 1.82) is 0 Å². The van der Waals surface area contributed by atoms with E-state index in [2.05, 4.69) is 43.5 Å². The van der Waals surface area contributed by atoms with Gasteiger partial charge in [-0.05, 0) is 31.7 Å². The summed E-state index contributed by atoms with van der Waals surface area (Å²) in [5.74, 6) is 1.63. The summed E-state index contributed by atoms with van der Waals surface area (Å²) in [6.45, 7) is 9.53. The van der Waals surface area contributed by atoms with Crippen LogP contribution < -0.4 is 0 Å². The molecule has 0 aliphatic heterocycles. The minimum absolute atomic E-state index is 0.0406. The highest BCUT2D eigenvalue weighted by molar-refractivity contribution is 6.21. The molecule has 0 spiro atoms. The number of hydrogen-bond acceptors (Lipinski definition) is 1. The molecule has 0 saturated carbocycles. The van der Waals surface area contributed by atoms with E-state index in [9.17, 15) is 0 Å². The second kappa shape index (κ2) is 6.81. The fourth-order valence-corrected chi connectivity index (χ4v) is 3.20. The third kappa shape index (κ3) is 3.21. The minimum atomic E-state index is -0.0406. The second-order valence-electron chi connectivity index (χ2n) is 5.26. The predicted molar refractivity (Wildman–Crippen MR) is 79.7 cm³/mol. The summed E-state index contributed by atoms with van der Waals surface area (Å²) in [6.07, 6.45) is 1.87. The van der Waals surface area contributed by atoms with E-state index in [1.807, 2.05) is 0 Å². The van der Waals surface area contributed by atoms with Gasteiger partial charge >= 0.3 is 0 Å². The van der Waals surface area contributed by atoms with Gasteiger partial charge in [-0.2, -0.15) is 5.10 Å². The maximum atomic E-state index is 6.19. The molecule has 2 nitrogen and oxygen atoms in total. The van der Waals surface area contributed by atoms with E-state index in [4.69, 9.17) is 23.2 Å². The van der Waals surface area contributed by atoms with Crippen LogP contribution in [0.25, 0.3) is 0 Å². The van der Waals surface area contributed by atoms with Crippen molar-refractivity contribution in [1.82, 2.24) is 9.78 Å². The molecule has 0 bridgehead atoms. The van der Waals surface area contributed by atoms with Crippen molar-refractivity contribution < 1.29 is 0 Å². The van der Waals surface area contributed by atoms with Crippen molar-refractivity contribution in [2.75, 3.05) is 11.8 Å². The molecule has 0 fully saturated rings. The summed E-state index contributed by atoms with van der Waals surface area (Å²) in [7, 11) is 0. The number of aromatic nitrogens is 2. The van der Waals surface area contributed by atoms with Crippen LogP contribution in [0.5, 0.6) is 0 Å². The molecular weight excluding hydrogens is 267 g/mol. The first-order valence-corrected chi connectivity index (χ1v) is 7.77. The molecule has 0 aliphatic carbocycles. The van der Waals surface area contributed by atoms with Crippen LogP contribution in [0, 0.1) is 11.3 Å². The molecule has 1 heterocycles. The molecule has 4 heteroatoms. The van der Waals surface area contributed by atoms with Gasteiger partial charge in [0.15, 0.2) is 0 Å². The third-order valence-corrected chi connectivity index (χ3v) is 4.93. The van der Waals surface area contributed by atoms with Crippen LogP contribution in [0.3, 0.4) is 0 Å². The zero-order valence-electron chi connectivity index (χ0n) is 11.8. The first kappa shape index (κ1) is 15.8. The lowest BCUT2D eigenvalue weighted by molar-refractivity contribution is 0.252. The third-order valence-electron chi connectivity index (χ3n) is 3.87. The van der Waals surface area contributed by atoms with Crippen molar-refractivity contribution in [3.05, 3.63) is 17.5 Å². The first-order valence-electron chi connectivity index (χ1n) is 6.70. The van der Waals surface area contributed by atoms with Crippen molar-refractivity contribution in [2.45, 2.75) is 47.1 Å². The van der Waals surface area contributed by atoms with Crippen LogP contribution >= 0.6 is 23.2 Å². The highest BCUT2D eigenvalue weighted by atomic mass is 35.5. The Bertz CT molecular complexity index is 368. The van der Waals surface area contributed by atoms with Crippen molar-refractivity contribution in [3.8, 4) is 0 Å². The van der Waals surface area contributed by atoms with Crippen molar-refractivity contribution in [3.63, 3.8) is 0 Å². The van der Waals surface area contributed by atoms with E-state index in [0.717, 1.165) is 25.1 Å². The van der Waals surface area contributed by atoms with Gasteiger partial charge in [0.25, 0.3) is 0 Å². The maximum Gasteiger partial charge on any atom is 0.0624 e. The molecule has 0 saturated heterocycles. The lowest BCUT2D eigenvalue weighted by Gasteiger charge is -2.34. The van der Waals surface area contributed by atoms with Crippen LogP contribution in [0.4, 0.5) is 0 Å². The Kier molecular flexibility index (Phi) is 6.00. The van der Waals surface area contributed by atoms with Crippen LogP contribution in [0.2, 0.25) is 0 Å². The number of aryl methyl sites for hydroxylation is 2. The molecule has 0 aliphatic rings. The van der Waals surface area contributed by atoms with Gasteiger partial charge < -0.3 is 0 Å². The quantitative estimate of drug-likeness (QED) is 0.691. The average molecular weight is 291 g/mol.